The lowest BCUT2D eigenvalue weighted by molar-refractivity contribution is 0.669. The number of para-hydroxylation sites is 4. The molecule has 0 bridgehead atoms. The first-order chi connectivity index (χ1) is 22.3. The molecule has 1 aliphatic rings. The molecule has 3 heterocycles. The van der Waals surface area contributed by atoms with E-state index >= 15 is 0 Å². The van der Waals surface area contributed by atoms with E-state index in [0.29, 0.717) is 0 Å². The Morgan fingerprint density at radius 2 is 1.02 bits per heavy atom. The molecule has 3 nitrogen and oxygen atoms in total. The van der Waals surface area contributed by atoms with Crippen LogP contribution in [0, 0.1) is 0 Å². The summed E-state index contributed by atoms with van der Waals surface area (Å²) in [6, 6.07) is 56.5. The van der Waals surface area contributed by atoms with Gasteiger partial charge in [-0.15, -0.1) is 0 Å². The SMILES string of the molecule is c1ccc(-c2cc(-c3ccccc3)cc(N3c4ccccc4-n4c5ccc6oc7ccccc7c6c5c5cccc3c54)c2)cc1. The zero-order chi connectivity index (χ0) is 29.5. The molecule has 0 aliphatic carbocycles. The quantitative estimate of drug-likeness (QED) is 0.209. The number of benzene rings is 7. The van der Waals surface area contributed by atoms with Crippen LogP contribution in [0.25, 0.3) is 71.7 Å². The predicted octanol–water partition coefficient (Wildman–Crippen LogP) is 11.8. The first-order valence-electron chi connectivity index (χ1n) is 15.4. The standard InChI is InChI=1S/C42H26N2O/c1-3-12-27(13-4-1)29-24-30(28-14-5-2-6-15-28)26-31(25-29)43-34-18-8-9-19-35(34)44-36-22-23-39-41(32-16-7-10-21-38(32)45-39)40(36)33-17-11-20-37(43)42(33)44/h1-26H. The van der Waals surface area contributed by atoms with Gasteiger partial charge >= 0.3 is 0 Å². The van der Waals surface area contributed by atoms with Gasteiger partial charge in [0.25, 0.3) is 0 Å². The van der Waals surface area contributed by atoms with Crippen molar-refractivity contribution in [1.82, 2.24) is 4.57 Å². The molecule has 0 N–H and O–H groups in total. The number of anilines is 3. The highest BCUT2D eigenvalue weighted by Crippen LogP contribution is 2.52. The maximum atomic E-state index is 6.35. The third-order valence-electron chi connectivity index (χ3n) is 9.26. The maximum Gasteiger partial charge on any atom is 0.136 e. The second-order valence-electron chi connectivity index (χ2n) is 11.8. The Labute approximate surface area is 259 Å². The van der Waals surface area contributed by atoms with E-state index in [2.05, 4.69) is 161 Å². The lowest BCUT2D eigenvalue weighted by Gasteiger charge is -2.33. The highest BCUT2D eigenvalue weighted by atomic mass is 16.3. The molecule has 3 heteroatoms. The van der Waals surface area contributed by atoms with Crippen LogP contribution in [-0.2, 0) is 0 Å². The van der Waals surface area contributed by atoms with Gasteiger partial charge in [0.15, 0.2) is 0 Å². The second-order valence-corrected chi connectivity index (χ2v) is 11.8. The number of nitrogens with zero attached hydrogens (tertiary/aromatic N) is 2. The van der Waals surface area contributed by atoms with Crippen LogP contribution in [0.4, 0.5) is 17.1 Å². The molecule has 10 rings (SSSR count). The molecule has 0 atom stereocenters. The average molecular weight is 575 g/mol. The molecule has 45 heavy (non-hydrogen) atoms. The second kappa shape index (κ2) is 9.22. The van der Waals surface area contributed by atoms with Crippen molar-refractivity contribution in [1.29, 1.82) is 0 Å². The fourth-order valence-corrected chi connectivity index (χ4v) is 7.37. The third kappa shape index (κ3) is 3.46. The number of furan rings is 1. The molecule has 210 valence electrons. The van der Waals surface area contributed by atoms with E-state index in [1.165, 1.54) is 49.4 Å². The molecule has 0 saturated heterocycles. The van der Waals surface area contributed by atoms with E-state index < -0.39 is 0 Å². The van der Waals surface area contributed by atoms with Gasteiger partial charge in [0, 0.05) is 27.2 Å². The molecular weight excluding hydrogens is 548 g/mol. The summed E-state index contributed by atoms with van der Waals surface area (Å²) in [7, 11) is 0. The fraction of sp³-hybridized carbons (Fsp3) is 0. The van der Waals surface area contributed by atoms with Crippen LogP contribution in [-0.4, -0.2) is 4.57 Å². The summed E-state index contributed by atoms with van der Waals surface area (Å²) in [5.74, 6) is 0. The maximum absolute atomic E-state index is 6.35. The van der Waals surface area contributed by atoms with E-state index in [-0.39, 0.29) is 0 Å². The average Bonchev–Trinajstić information content (AvgIpc) is 3.66. The van der Waals surface area contributed by atoms with Crippen molar-refractivity contribution in [3.8, 4) is 27.9 Å². The van der Waals surface area contributed by atoms with Crippen LogP contribution in [0.3, 0.4) is 0 Å². The zero-order valence-corrected chi connectivity index (χ0v) is 24.3. The Morgan fingerprint density at radius 1 is 0.400 bits per heavy atom. The Balaban J connectivity index is 1.32. The first-order valence-corrected chi connectivity index (χ1v) is 15.4. The minimum Gasteiger partial charge on any atom is -0.456 e. The summed E-state index contributed by atoms with van der Waals surface area (Å²) in [5.41, 5.74) is 13.6. The topological polar surface area (TPSA) is 21.3 Å². The molecule has 0 spiro atoms. The Kier molecular flexibility index (Phi) is 5.00. The highest BCUT2D eigenvalue weighted by molar-refractivity contribution is 6.29. The lowest BCUT2D eigenvalue weighted by atomic mass is 9.97. The monoisotopic (exact) mass is 574 g/mol. The summed E-state index contributed by atoms with van der Waals surface area (Å²) < 4.78 is 8.80. The van der Waals surface area contributed by atoms with Crippen LogP contribution < -0.4 is 4.90 Å². The number of aromatic nitrogens is 1. The van der Waals surface area contributed by atoms with Gasteiger partial charge in [0.1, 0.15) is 11.2 Å². The molecule has 1 aliphatic heterocycles. The summed E-state index contributed by atoms with van der Waals surface area (Å²) in [5, 5.41) is 4.78. The number of hydrogen-bond donors (Lipinski definition) is 0. The molecule has 0 fully saturated rings. The molecular formula is C42H26N2O. The molecule has 0 saturated carbocycles. The first kappa shape index (κ1) is 24.4. The summed E-state index contributed by atoms with van der Waals surface area (Å²) >= 11 is 0. The fourth-order valence-electron chi connectivity index (χ4n) is 7.37. The van der Waals surface area contributed by atoms with E-state index in [1.807, 2.05) is 6.07 Å². The summed E-state index contributed by atoms with van der Waals surface area (Å²) in [6.45, 7) is 0. The highest BCUT2D eigenvalue weighted by Gasteiger charge is 2.30. The van der Waals surface area contributed by atoms with Crippen LogP contribution in [0.5, 0.6) is 0 Å². The molecule has 9 aromatic rings. The van der Waals surface area contributed by atoms with Crippen molar-refractivity contribution >= 4 is 60.8 Å². The minimum absolute atomic E-state index is 0.917. The number of rotatable bonds is 3. The van der Waals surface area contributed by atoms with Crippen molar-refractivity contribution in [3.63, 3.8) is 0 Å². The van der Waals surface area contributed by atoms with Crippen molar-refractivity contribution in [3.05, 3.63) is 158 Å². The predicted molar refractivity (Wildman–Crippen MR) is 187 cm³/mol. The molecule has 0 amide bonds. The van der Waals surface area contributed by atoms with Crippen LogP contribution in [0.2, 0.25) is 0 Å². The van der Waals surface area contributed by atoms with Gasteiger partial charge in [-0.25, -0.2) is 0 Å². The number of fused-ring (bicyclic) bond motifs is 9. The molecule has 0 radical (unpaired) electrons. The number of hydrogen-bond acceptors (Lipinski definition) is 2. The van der Waals surface area contributed by atoms with Gasteiger partial charge in [-0.2, -0.15) is 0 Å². The van der Waals surface area contributed by atoms with Crippen LogP contribution in [0.1, 0.15) is 0 Å². The van der Waals surface area contributed by atoms with Crippen molar-refractivity contribution in [2.45, 2.75) is 0 Å². The molecule has 2 aromatic heterocycles. The van der Waals surface area contributed by atoms with Crippen LogP contribution >= 0.6 is 0 Å². The van der Waals surface area contributed by atoms with Gasteiger partial charge in [-0.05, 0) is 76.9 Å². The minimum atomic E-state index is 0.917. The molecule has 7 aromatic carbocycles. The summed E-state index contributed by atoms with van der Waals surface area (Å²) in [6.07, 6.45) is 0. The van der Waals surface area contributed by atoms with E-state index in [1.54, 1.807) is 0 Å². The zero-order valence-electron chi connectivity index (χ0n) is 24.3. The van der Waals surface area contributed by atoms with Crippen molar-refractivity contribution in [2.75, 3.05) is 4.90 Å². The Morgan fingerprint density at radius 3 is 1.78 bits per heavy atom. The van der Waals surface area contributed by atoms with E-state index in [4.69, 9.17) is 4.42 Å². The molecule has 0 unspecified atom stereocenters. The summed E-state index contributed by atoms with van der Waals surface area (Å²) in [4.78, 5) is 2.44. The van der Waals surface area contributed by atoms with Gasteiger partial charge in [-0.1, -0.05) is 103 Å². The Hall–Kier alpha value is -6.06. The van der Waals surface area contributed by atoms with Gasteiger partial charge in [0.05, 0.1) is 28.1 Å². The van der Waals surface area contributed by atoms with Crippen molar-refractivity contribution in [2.24, 2.45) is 0 Å². The van der Waals surface area contributed by atoms with Gasteiger partial charge < -0.3 is 13.9 Å². The third-order valence-corrected chi connectivity index (χ3v) is 9.26. The van der Waals surface area contributed by atoms with Gasteiger partial charge in [0.2, 0.25) is 0 Å². The van der Waals surface area contributed by atoms with Gasteiger partial charge in [-0.3, -0.25) is 0 Å². The van der Waals surface area contributed by atoms with Crippen molar-refractivity contribution < 1.29 is 4.42 Å². The largest absolute Gasteiger partial charge is 0.456 e. The normalized spacial score (nSPS) is 12.4. The Bertz CT molecular complexity index is 2530. The van der Waals surface area contributed by atoms with E-state index in [9.17, 15) is 0 Å². The van der Waals surface area contributed by atoms with E-state index in [0.717, 1.165) is 39.3 Å². The van der Waals surface area contributed by atoms with Crippen LogP contribution in [0.15, 0.2) is 162 Å². The lowest BCUT2D eigenvalue weighted by Crippen LogP contribution is -2.18. The smallest absolute Gasteiger partial charge is 0.136 e.